The Morgan fingerprint density at radius 2 is 1.82 bits per heavy atom. The number of ether oxygens (including phenoxy) is 1. The van der Waals surface area contributed by atoms with E-state index in [0.717, 1.165) is 34.3 Å². The first kappa shape index (κ1) is 24.1. The fraction of sp³-hybridized carbons (Fsp3) is 0.167. The summed E-state index contributed by atoms with van der Waals surface area (Å²) in [5, 5.41) is 5.72. The minimum Gasteiger partial charge on any atom is -0.465 e. The molecule has 0 bridgehead atoms. The molecule has 0 saturated heterocycles. The number of carbonyl (C=O) groups excluding carboxylic acids is 2. The molecule has 190 valence electrons. The number of benzene rings is 3. The molecule has 1 N–H and O–H groups in total. The quantitative estimate of drug-likeness (QED) is 0.183. The zero-order valence-corrected chi connectivity index (χ0v) is 21.5. The van der Waals surface area contributed by atoms with Crippen LogP contribution in [-0.4, -0.2) is 30.4 Å². The van der Waals surface area contributed by atoms with Crippen LogP contribution in [0.5, 0.6) is 0 Å². The number of anilines is 1. The predicted octanol–water partition coefficient (Wildman–Crippen LogP) is 5.60. The summed E-state index contributed by atoms with van der Waals surface area (Å²) in [6, 6.07) is 23.1. The Hall–Kier alpha value is -4.27. The van der Waals surface area contributed by atoms with Crippen LogP contribution in [0, 0.1) is 0 Å². The lowest BCUT2D eigenvalue weighted by Gasteiger charge is -2.27. The molecule has 0 saturated carbocycles. The van der Waals surface area contributed by atoms with Crippen LogP contribution in [0.2, 0.25) is 0 Å². The largest absolute Gasteiger partial charge is 0.465 e. The highest BCUT2D eigenvalue weighted by atomic mass is 32.1. The van der Waals surface area contributed by atoms with Crippen LogP contribution < -0.4 is 10.9 Å². The molecule has 0 fully saturated rings. The van der Waals surface area contributed by atoms with Gasteiger partial charge in [-0.3, -0.25) is 9.69 Å². The maximum atomic E-state index is 13.4. The van der Waals surface area contributed by atoms with E-state index in [1.165, 1.54) is 24.0 Å². The second kappa shape index (κ2) is 9.89. The Bertz CT molecular complexity index is 1760. The number of amides is 1. The molecule has 38 heavy (non-hydrogen) atoms. The molecule has 6 rings (SSSR count). The van der Waals surface area contributed by atoms with Crippen LogP contribution in [0.25, 0.3) is 21.7 Å². The molecule has 8 heteroatoms. The second-order valence-electron chi connectivity index (χ2n) is 9.25. The molecular weight excluding hydrogens is 500 g/mol. The fourth-order valence-electron chi connectivity index (χ4n) is 5.04. The summed E-state index contributed by atoms with van der Waals surface area (Å²) >= 11 is 1.35. The Kier molecular flexibility index (Phi) is 6.27. The van der Waals surface area contributed by atoms with Gasteiger partial charge in [0.05, 0.1) is 12.7 Å². The van der Waals surface area contributed by atoms with Crippen molar-refractivity contribution >= 4 is 50.0 Å². The monoisotopic (exact) mass is 524 g/mol. The first-order valence-electron chi connectivity index (χ1n) is 12.3. The van der Waals surface area contributed by atoms with Gasteiger partial charge in [0.2, 0.25) is 0 Å². The van der Waals surface area contributed by atoms with Crippen molar-refractivity contribution < 1.29 is 18.7 Å². The van der Waals surface area contributed by atoms with Gasteiger partial charge in [-0.05, 0) is 40.5 Å². The molecular formula is C30H24N2O5S. The molecule has 0 spiro atoms. The Labute approximate surface area is 222 Å². The summed E-state index contributed by atoms with van der Waals surface area (Å²) < 4.78 is 10.6. The van der Waals surface area contributed by atoms with Crippen molar-refractivity contribution in [3.8, 4) is 0 Å². The number of hydrogen-bond acceptors (Lipinski definition) is 7. The first-order valence-corrected chi connectivity index (χ1v) is 13.1. The smallest absolute Gasteiger partial charge is 0.349 e. The van der Waals surface area contributed by atoms with Crippen LogP contribution >= 0.6 is 11.3 Å². The summed E-state index contributed by atoms with van der Waals surface area (Å²) in [6.07, 6.45) is 0.656. The van der Waals surface area contributed by atoms with Crippen LogP contribution in [0.4, 0.5) is 5.00 Å². The number of rotatable bonds is 5. The molecule has 1 amide bonds. The number of carbonyl (C=O) groups is 2. The lowest BCUT2D eigenvalue weighted by molar-refractivity contribution is 0.0600. The van der Waals surface area contributed by atoms with Crippen LogP contribution in [0.3, 0.4) is 0 Å². The number of nitrogens with one attached hydrogen (secondary N) is 1. The molecule has 0 aliphatic carbocycles. The summed E-state index contributed by atoms with van der Waals surface area (Å²) in [5.41, 5.74) is 2.01. The van der Waals surface area contributed by atoms with Crippen molar-refractivity contribution in [3.63, 3.8) is 0 Å². The normalized spacial score (nSPS) is 13.4. The third-order valence-electron chi connectivity index (χ3n) is 6.89. The van der Waals surface area contributed by atoms with Gasteiger partial charge >= 0.3 is 11.6 Å². The van der Waals surface area contributed by atoms with E-state index in [4.69, 9.17) is 9.15 Å². The molecule has 0 radical (unpaired) electrons. The van der Waals surface area contributed by atoms with E-state index in [0.29, 0.717) is 34.5 Å². The molecule has 7 nitrogen and oxygen atoms in total. The Balaban J connectivity index is 1.34. The Morgan fingerprint density at radius 1 is 1.03 bits per heavy atom. The van der Waals surface area contributed by atoms with Gasteiger partial charge in [0.15, 0.2) is 0 Å². The summed E-state index contributed by atoms with van der Waals surface area (Å²) in [7, 11) is 1.32. The van der Waals surface area contributed by atoms with E-state index >= 15 is 0 Å². The summed E-state index contributed by atoms with van der Waals surface area (Å²) in [4.78, 5) is 42.2. The lowest BCUT2D eigenvalue weighted by Crippen LogP contribution is -2.29. The number of hydrogen-bond donors (Lipinski definition) is 1. The average molecular weight is 525 g/mol. The van der Waals surface area contributed by atoms with Crippen molar-refractivity contribution in [1.29, 1.82) is 0 Å². The third kappa shape index (κ3) is 4.38. The first-order chi connectivity index (χ1) is 18.5. The van der Waals surface area contributed by atoms with Crippen molar-refractivity contribution in [2.75, 3.05) is 19.0 Å². The predicted molar refractivity (Wildman–Crippen MR) is 148 cm³/mol. The minimum atomic E-state index is -0.736. The van der Waals surface area contributed by atoms with E-state index in [1.54, 1.807) is 12.1 Å². The van der Waals surface area contributed by atoms with E-state index in [-0.39, 0.29) is 5.56 Å². The highest BCUT2D eigenvalue weighted by molar-refractivity contribution is 7.17. The maximum absolute atomic E-state index is 13.4. The van der Waals surface area contributed by atoms with E-state index in [1.807, 2.05) is 48.5 Å². The number of fused-ring (bicyclic) bond motifs is 4. The molecule has 2 aromatic heterocycles. The molecule has 1 aliphatic heterocycles. The van der Waals surface area contributed by atoms with E-state index in [9.17, 15) is 14.4 Å². The topological polar surface area (TPSA) is 88.8 Å². The van der Waals surface area contributed by atoms with Gasteiger partial charge in [0.25, 0.3) is 5.91 Å². The standard InChI is InChI=1S/C30H24N2O5S/c1-36-30(35)26-21-13-14-32(16-18-7-3-2-4-8-18)17-25(21)38-28(26)31-27(33)23-15-22-20-10-6-5-9-19(20)11-12-24(22)37-29(23)34/h2-12,15H,13-14,16-17H2,1H3,(H,31,33). The summed E-state index contributed by atoms with van der Waals surface area (Å²) in [5.74, 6) is -1.13. The van der Waals surface area contributed by atoms with Gasteiger partial charge < -0.3 is 14.5 Å². The maximum Gasteiger partial charge on any atom is 0.349 e. The van der Waals surface area contributed by atoms with Crippen molar-refractivity contribution in [1.82, 2.24) is 4.90 Å². The highest BCUT2D eigenvalue weighted by Crippen LogP contribution is 2.38. The van der Waals surface area contributed by atoms with Crippen molar-refractivity contribution in [2.45, 2.75) is 19.5 Å². The van der Waals surface area contributed by atoms with Gasteiger partial charge in [0.1, 0.15) is 16.1 Å². The van der Waals surface area contributed by atoms with Gasteiger partial charge in [-0.2, -0.15) is 0 Å². The molecule has 5 aromatic rings. The van der Waals surface area contributed by atoms with Gasteiger partial charge in [-0.1, -0.05) is 60.7 Å². The zero-order chi connectivity index (χ0) is 26.2. The third-order valence-corrected chi connectivity index (χ3v) is 8.02. The number of esters is 1. The molecule has 0 unspecified atom stereocenters. The van der Waals surface area contributed by atoms with Gasteiger partial charge in [-0.25, -0.2) is 9.59 Å². The van der Waals surface area contributed by atoms with E-state index < -0.39 is 17.5 Å². The lowest BCUT2D eigenvalue weighted by atomic mass is 10.0. The van der Waals surface area contributed by atoms with Crippen molar-refractivity contribution in [3.05, 3.63) is 110 Å². The van der Waals surface area contributed by atoms with Crippen molar-refractivity contribution in [2.24, 2.45) is 0 Å². The number of nitrogens with zero attached hydrogens (tertiary/aromatic N) is 1. The molecule has 3 heterocycles. The summed E-state index contributed by atoms with van der Waals surface area (Å²) in [6.45, 7) is 2.22. The minimum absolute atomic E-state index is 0.123. The SMILES string of the molecule is COC(=O)c1c(NC(=O)c2cc3c(ccc4ccccc43)oc2=O)sc2c1CCN(Cc1ccccc1)C2. The van der Waals surface area contributed by atoms with Crippen LogP contribution in [0.15, 0.2) is 82.0 Å². The number of methoxy groups -OCH3 is 1. The molecule has 3 aromatic carbocycles. The molecule has 1 aliphatic rings. The van der Waals surface area contributed by atoms with Gasteiger partial charge in [-0.15, -0.1) is 11.3 Å². The van der Waals surface area contributed by atoms with E-state index in [2.05, 4.69) is 22.3 Å². The number of thiophene rings is 1. The molecule has 0 atom stereocenters. The van der Waals surface area contributed by atoms with Crippen LogP contribution in [-0.2, 0) is 24.2 Å². The second-order valence-corrected chi connectivity index (χ2v) is 10.4. The average Bonchev–Trinajstić information content (AvgIpc) is 3.29. The van der Waals surface area contributed by atoms with Gasteiger partial charge in [0, 0.05) is 29.9 Å². The van der Waals surface area contributed by atoms with Crippen LogP contribution in [0.1, 0.15) is 36.7 Å². The fourth-order valence-corrected chi connectivity index (χ4v) is 6.31. The highest BCUT2D eigenvalue weighted by Gasteiger charge is 2.30. The zero-order valence-electron chi connectivity index (χ0n) is 20.7. The Morgan fingerprint density at radius 3 is 2.63 bits per heavy atom.